The predicted octanol–water partition coefficient (Wildman–Crippen LogP) is -0.837. The van der Waals surface area contributed by atoms with Gasteiger partial charge in [0.2, 0.25) is 0 Å². The fraction of sp³-hybridized carbons (Fsp3) is 0.750. The van der Waals surface area contributed by atoms with Gasteiger partial charge < -0.3 is 5.32 Å². The van der Waals surface area contributed by atoms with Crippen LogP contribution in [0.15, 0.2) is 4.99 Å². The molecule has 3 heteroatoms. The zero-order valence-electron chi connectivity index (χ0n) is 4.31. The van der Waals surface area contributed by atoms with Crippen molar-refractivity contribution in [1.82, 2.24) is 10.6 Å². The van der Waals surface area contributed by atoms with Crippen LogP contribution in [0.4, 0.5) is 0 Å². The zero-order valence-corrected chi connectivity index (χ0v) is 4.31. The molecule has 1 aliphatic heterocycles. The molecule has 0 bridgehead atoms. The maximum absolute atomic E-state index is 3.74. The Bertz CT molecular complexity index is 75.0. The van der Waals surface area contributed by atoms with Crippen molar-refractivity contribution in [2.75, 3.05) is 13.6 Å². The van der Waals surface area contributed by atoms with Gasteiger partial charge in [0.05, 0.1) is 12.5 Å². The molecule has 1 heterocycles. The third-order valence-electron chi connectivity index (χ3n) is 0.813. The summed E-state index contributed by atoms with van der Waals surface area (Å²) in [5.41, 5.74) is 0. The van der Waals surface area contributed by atoms with Crippen LogP contribution < -0.4 is 10.6 Å². The Morgan fingerprint density at radius 1 is 2.00 bits per heavy atom. The molecule has 0 aliphatic carbocycles. The van der Waals surface area contributed by atoms with Crippen molar-refractivity contribution in [3.05, 3.63) is 0 Å². The van der Waals surface area contributed by atoms with Crippen LogP contribution in [0.2, 0.25) is 0 Å². The van der Waals surface area contributed by atoms with E-state index in [9.17, 15) is 0 Å². The Hall–Kier alpha value is -0.570. The first-order valence-corrected chi connectivity index (χ1v) is 2.33. The molecule has 1 saturated heterocycles. The van der Waals surface area contributed by atoms with Crippen molar-refractivity contribution in [2.24, 2.45) is 4.99 Å². The SMILES string of the molecule is CN=CNC1CN1. The number of aliphatic imine (C=N–C) groups is 1. The highest BCUT2D eigenvalue weighted by atomic mass is 15.3. The van der Waals surface area contributed by atoms with Crippen LogP contribution >= 0.6 is 0 Å². The third-order valence-corrected chi connectivity index (χ3v) is 0.813. The second-order valence-corrected chi connectivity index (χ2v) is 1.51. The molecular formula is C4H9N3. The molecule has 7 heavy (non-hydrogen) atoms. The van der Waals surface area contributed by atoms with E-state index in [1.165, 1.54) is 0 Å². The fourth-order valence-electron chi connectivity index (χ4n) is 0.341. The average molecular weight is 99.1 g/mol. The standard InChI is InChI=1S/C4H9N3/c1-5-3-7-4-2-6-4/h3-4,6H,2H2,1H3,(H,5,7). The lowest BCUT2D eigenvalue weighted by Gasteiger charge is -1.86. The Morgan fingerprint density at radius 3 is 3.14 bits per heavy atom. The highest BCUT2D eigenvalue weighted by Gasteiger charge is 2.16. The van der Waals surface area contributed by atoms with Crippen molar-refractivity contribution in [3.63, 3.8) is 0 Å². The first-order chi connectivity index (χ1) is 3.43. The first kappa shape index (κ1) is 4.59. The molecule has 3 nitrogen and oxygen atoms in total. The Labute approximate surface area is 42.8 Å². The van der Waals surface area contributed by atoms with Crippen LogP contribution in [-0.2, 0) is 0 Å². The van der Waals surface area contributed by atoms with E-state index in [-0.39, 0.29) is 0 Å². The smallest absolute Gasteiger partial charge is 0.0905 e. The molecule has 40 valence electrons. The van der Waals surface area contributed by atoms with Crippen LogP contribution in [-0.4, -0.2) is 26.1 Å². The summed E-state index contributed by atoms with van der Waals surface area (Å²) in [5.74, 6) is 0. The van der Waals surface area contributed by atoms with Gasteiger partial charge in [0, 0.05) is 13.6 Å². The van der Waals surface area contributed by atoms with E-state index >= 15 is 0 Å². The molecular weight excluding hydrogens is 90.1 g/mol. The molecule has 1 unspecified atom stereocenters. The zero-order chi connectivity index (χ0) is 5.11. The van der Waals surface area contributed by atoms with Crippen LogP contribution in [0.1, 0.15) is 0 Å². The average Bonchev–Trinajstić information content (AvgIpc) is 2.42. The van der Waals surface area contributed by atoms with Crippen molar-refractivity contribution < 1.29 is 0 Å². The van der Waals surface area contributed by atoms with E-state index in [4.69, 9.17) is 0 Å². The molecule has 0 amide bonds. The molecule has 0 aromatic heterocycles. The van der Waals surface area contributed by atoms with Crippen LogP contribution in [0.25, 0.3) is 0 Å². The van der Waals surface area contributed by atoms with Gasteiger partial charge in [-0.05, 0) is 0 Å². The summed E-state index contributed by atoms with van der Waals surface area (Å²) in [6, 6.07) is 0. The number of nitrogens with zero attached hydrogens (tertiary/aromatic N) is 1. The minimum Gasteiger partial charge on any atom is -0.360 e. The number of rotatable bonds is 2. The third kappa shape index (κ3) is 1.55. The molecule has 0 radical (unpaired) electrons. The first-order valence-electron chi connectivity index (χ1n) is 2.33. The van der Waals surface area contributed by atoms with E-state index in [0.29, 0.717) is 6.17 Å². The molecule has 0 spiro atoms. The molecule has 1 rings (SSSR count). The fourth-order valence-corrected chi connectivity index (χ4v) is 0.341. The highest BCUT2D eigenvalue weighted by molar-refractivity contribution is 5.54. The minimum atomic E-state index is 0.503. The number of nitrogens with one attached hydrogen (secondary N) is 2. The lowest BCUT2D eigenvalue weighted by molar-refractivity contribution is 0.900. The van der Waals surface area contributed by atoms with Gasteiger partial charge >= 0.3 is 0 Å². The van der Waals surface area contributed by atoms with Crippen molar-refractivity contribution >= 4 is 6.34 Å². The molecule has 0 aromatic rings. The van der Waals surface area contributed by atoms with Gasteiger partial charge in [-0.1, -0.05) is 0 Å². The molecule has 0 saturated carbocycles. The Morgan fingerprint density at radius 2 is 2.71 bits per heavy atom. The summed E-state index contributed by atoms with van der Waals surface area (Å²) >= 11 is 0. The molecule has 2 N–H and O–H groups in total. The molecule has 1 aliphatic rings. The largest absolute Gasteiger partial charge is 0.360 e. The van der Waals surface area contributed by atoms with Crippen molar-refractivity contribution in [3.8, 4) is 0 Å². The minimum absolute atomic E-state index is 0.503. The summed E-state index contributed by atoms with van der Waals surface area (Å²) in [6.45, 7) is 1.08. The van der Waals surface area contributed by atoms with E-state index in [2.05, 4.69) is 15.6 Å². The van der Waals surface area contributed by atoms with Gasteiger partial charge in [-0.15, -0.1) is 0 Å². The lowest BCUT2D eigenvalue weighted by Crippen LogP contribution is -2.16. The summed E-state index contributed by atoms with van der Waals surface area (Å²) < 4.78 is 0. The normalized spacial score (nSPS) is 28.4. The second kappa shape index (κ2) is 1.93. The summed E-state index contributed by atoms with van der Waals surface area (Å²) in [5, 5.41) is 6.07. The predicted molar refractivity (Wildman–Crippen MR) is 29.3 cm³/mol. The van der Waals surface area contributed by atoms with Gasteiger partial charge in [-0.2, -0.15) is 0 Å². The highest BCUT2D eigenvalue weighted by Crippen LogP contribution is 1.85. The molecule has 1 fully saturated rings. The topological polar surface area (TPSA) is 46.3 Å². The van der Waals surface area contributed by atoms with E-state index < -0.39 is 0 Å². The quantitative estimate of drug-likeness (QED) is 0.269. The Balaban J connectivity index is 1.98. The second-order valence-electron chi connectivity index (χ2n) is 1.51. The maximum Gasteiger partial charge on any atom is 0.0905 e. The lowest BCUT2D eigenvalue weighted by atomic mass is 10.8. The van der Waals surface area contributed by atoms with E-state index in [1.807, 2.05) is 0 Å². The molecule has 1 atom stereocenters. The summed E-state index contributed by atoms with van der Waals surface area (Å²) in [6.07, 6.45) is 2.20. The molecule has 0 aromatic carbocycles. The number of hydrogen-bond acceptors (Lipinski definition) is 2. The van der Waals surface area contributed by atoms with Crippen LogP contribution in [0.5, 0.6) is 0 Å². The van der Waals surface area contributed by atoms with Crippen molar-refractivity contribution in [1.29, 1.82) is 0 Å². The van der Waals surface area contributed by atoms with Gasteiger partial charge in [-0.25, -0.2) is 0 Å². The van der Waals surface area contributed by atoms with Gasteiger partial charge in [0.1, 0.15) is 0 Å². The van der Waals surface area contributed by atoms with E-state index in [1.54, 1.807) is 13.4 Å². The number of hydrogen-bond donors (Lipinski definition) is 2. The Kier molecular flexibility index (Phi) is 1.26. The van der Waals surface area contributed by atoms with Crippen LogP contribution in [0.3, 0.4) is 0 Å². The van der Waals surface area contributed by atoms with Gasteiger partial charge in [0.15, 0.2) is 0 Å². The summed E-state index contributed by atoms with van der Waals surface area (Å²) in [4.78, 5) is 3.74. The maximum atomic E-state index is 3.74. The monoisotopic (exact) mass is 99.1 g/mol. The van der Waals surface area contributed by atoms with Gasteiger partial charge in [0.25, 0.3) is 0 Å². The van der Waals surface area contributed by atoms with Crippen LogP contribution in [0, 0.1) is 0 Å². The van der Waals surface area contributed by atoms with E-state index in [0.717, 1.165) is 6.54 Å². The van der Waals surface area contributed by atoms with Crippen molar-refractivity contribution in [2.45, 2.75) is 6.17 Å². The van der Waals surface area contributed by atoms with Gasteiger partial charge in [-0.3, -0.25) is 10.3 Å². The summed E-state index contributed by atoms with van der Waals surface area (Å²) in [7, 11) is 1.75.